The first-order valence-corrected chi connectivity index (χ1v) is 7.19. The number of methoxy groups -OCH3 is 1. The van der Waals surface area contributed by atoms with Gasteiger partial charge < -0.3 is 15.0 Å². The highest BCUT2D eigenvalue weighted by Crippen LogP contribution is 2.24. The molecule has 2 fully saturated rings. The van der Waals surface area contributed by atoms with E-state index in [-0.39, 0.29) is 11.5 Å². The van der Waals surface area contributed by atoms with E-state index in [4.69, 9.17) is 4.74 Å². The summed E-state index contributed by atoms with van der Waals surface area (Å²) in [4.78, 5) is 14.3. The minimum absolute atomic E-state index is 0.145. The van der Waals surface area contributed by atoms with Gasteiger partial charge in [0.25, 0.3) is 0 Å². The largest absolute Gasteiger partial charge is 0.377 e. The van der Waals surface area contributed by atoms with E-state index in [0.717, 1.165) is 38.9 Å². The second-order valence-corrected chi connectivity index (χ2v) is 5.92. The van der Waals surface area contributed by atoms with Gasteiger partial charge in [-0.25, -0.2) is 0 Å². The van der Waals surface area contributed by atoms with Crippen LogP contribution in [-0.4, -0.2) is 49.2 Å². The number of carbonyl (C=O) groups is 1. The Hall–Kier alpha value is -0.610. The van der Waals surface area contributed by atoms with E-state index in [0.29, 0.717) is 12.5 Å². The number of rotatable bonds is 3. The lowest BCUT2D eigenvalue weighted by molar-refractivity contribution is -0.139. The third kappa shape index (κ3) is 3.45. The normalized spacial score (nSPS) is 33.4. The lowest BCUT2D eigenvalue weighted by Gasteiger charge is -2.40. The highest BCUT2D eigenvalue weighted by atomic mass is 16.5. The summed E-state index contributed by atoms with van der Waals surface area (Å²) in [6.45, 7) is 4.80. The molecule has 0 aromatic heterocycles. The van der Waals surface area contributed by atoms with Crippen molar-refractivity contribution in [1.82, 2.24) is 10.2 Å². The Kier molecular flexibility index (Phi) is 4.62. The fourth-order valence-corrected chi connectivity index (χ4v) is 3.02. The van der Waals surface area contributed by atoms with Crippen LogP contribution in [0.4, 0.5) is 0 Å². The summed E-state index contributed by atoms with van der Waals surface area (Å²) in [7, 11) is 1.75. The fraction of sp³-hybridized carbons (Fsp3) is 0.929. The molecule has 0 aromatic rings. The molecule has 2 unspecified atom stereocenters. The van der Waals surface area contributed by atoms with Crippen LogP contribution in [-0.2, 0) is 9.53 Å². The van der Waals surface area contributed by atoms with Gasteiger partial charge in [0.1, 0.15) is 0 Å². The van der Waals surface area contributed by atoms with Crippen LogP contribution in [0.5, 0.6) is 0 Å². The van der Waals surface area contributed by atoms with Crippen LogP contribution in [0, 0.1) is 0 Å². The van der Waals surface area contributed by atoms with Gasteiger partial charge in [0.05, 0.1) is 5.60 Å². The van der Waals surface area contributed by atoms with E-state index >= 15 is 0 Å². The Labute approximate surface area is 110 Å². The van der Waals surface area contributed by atoms with Crippen molar-refractivity contribution in [3.05, 3.63) is 0 Å². The third-order valence-corrected chi connectivity index (χ3v) is 4.34. The van der Waals surface area contributed by atoms with Crippen LogP contribution in [0.3, 0.4) is 0 Å². The Balaban J connectivity index is 1.84. The summed E-state index contributed by atoms with van der Waals surface area (Å²) < 4.78 is 5.54. The van der Waals surface area contributed by atoms with Crippen LogP contribution < -0.4 is 5.32 Å². The first-order chi connectivity index (χ1) is 8.63. The van der Waals surface area contributed by atoms with Gasteiger partial charge in [-0.15, -0.1) is 0 Å². The van der Waals surface area contributed by atoms with Gasteiger partial charge in [0.15, 0.2) is 0 Å². The molecular weight excluding hydrogens is 228 g/mol. The van der Waals surface area contributed by atoms with E-state index in [1.54, 1.807) is 7.11 Å². The van der Waals surface area contributed by atoms with E-state index < -0.39 is 0 Å². The highest BCUT2D eigenvalue weighted by molar-refractivity contribution is 5.77. The van der Waals surface area contributed by atoms with Crippen molar-refractivity contribution in [1.29, 1.82) is 0 Å². The van der Waals surface area contributed by atoms with E-state index in [1.165, 1.54) is 12.8 Å². The van der Waals surface area contributed by atoms with Crippen LogP contribution in [0.1, 0.15) is 45.4 Å². The molecule has 1 N–H and O–H groups in total. The van der Waals surface area contributed by atoms with E-state index in [2.05, 4.69) is 12.2 Å². The zero-order valence-corrected chi connectivity index (χ0v) is 11.7. The Bertz CT molecular complexity index is 290. The fourth-order valence-electron chi connectivity index (χ4n) is 3.02. The van der Waals surface area contributed by atoms with Gasteiger partial charge in [0.2, 0.25) is 5.91 Å². The predicted molar refractivity (Wildman–Crippen MR) is 71.5 cm³/mol. The quantitative estimate of drug-likeness (QED) is 0.831. The van der Waals surface area contributed by atoms with Crippen molar-refractivity contribution in [3.8, 4) is 0 Å². The van der Waals surface area contributed by atoms with Gasteiger partial charge in [-0.3, -0.25) is 4.79 Å². The molecule has 0 aromatic carbocycles. The van der Waals surface area contributed by atoms with Crippen LogP contribution >= 0.6 is 0 Å². The molecule has 2 rings (SSSR count). The monoisotopic (exact) mass is 254 g/mol. The summed E-state index contributed by atoms with van der Waals surface area (Å²) in [6, 6.07) is 0.391. The molecular formula is C14H26N2O2. The average Bonchev–Trinajstić information content (AvgIpc) is 2.40. The molecule has 2 atom stereocenters. The van der Waals surface area contributed by atoms with Gasteiger partial charge in [-0.05, 0) is 39.2 Å². The number of hydrogen-bond acceptors (Lipinski definition) is 3. The zero-order chi connectivity index (χ0) is 13.0. The number of ether oxygens (including phenoxy) is 1. The molecule has 0 spiro atoms. The molecule has 2 heterocycles. The molecule has 0 aliphatic carbocycles. The number of likely N-dealkylation sites (tertiary alicyclic amines) is 1. The standard InChI is InChI=1S/C14H26N2O2/c1-14(18-2)7-5-9-16(11-14)13(17)10-12-6-3-4-8-15-12/h12,15H,3-11H2,1-2H3. The summed E-state index contributed by atoms with van der Waals surface area (Å²) in [5, 5.41) is 3.45. The number of amides is 1. The molecule has 4 nitrogen and oxygen atoms in total. The molecule has 2 aliphatic heterocycles. The third-order valence-electron chi connectivity index (χ3n) is 4.34. The maximum absolute atomic E-state index is 12.3. The minimum atomic E-state index is -0.145. The topological polar surface area (TPSA) is 41.6 Å². The lowest BCUT2D eigenvalue weighted by Crippen LogP contribution is -2.51. The van der Waals surface area contributed by atoms with Crippen molar-refractivity contribution < 1.29 is 9.53 Å². The molecule has 1 amide bonds. The SMILES string of the molecule is COC1(C)CCCN(C(=O)CC2CCCCN2)C1. The first-order valence-electron chi connectivity index (χ1n) is 7.19. The van der Waals surface area contributed by atoms with E-state index in [1.807, 2.05) is 4.90 Å². The molecule has 0 bridgehead atoms. The summed E-state index contributed by atoms with van der Waals surface area (Å²) in [6.07, 6.45) is 6.39. The number of piperidine rings is 2. The summed E-state index contributed by atoms with van der Waals surface area (Å²) in [5.41, 5.74) is -0.145. The molecule has 0 radical (unpaired) electrons. The zero-order valence-electron chi connectivity index (χ0n) is 11.7. The van der Waals surface area contributed by atoms with Gasteiger partial charge >= 0.3 is 0 Å². The lowest BCUT2D eigenvalue weighted by atomic mass is 9.94. The van der Waals surface area contributed by atoms with Gasteiger partial charge in [-0.2, -0.15) is 0 Å². The summed E-state index contributed by atoms with van der Waals surface area (Å²) >= 11 is 0. The van der Waals surface area contributed by atoms with Crippen molar-refractivity contribution in [3.63, 3.8) is 0 Å². The number of hydrogen-bond donors (Lipinski definition) is 1. The van der Waals surface area contributed by atoms with Gasteiger partial charge in [-0.1, -0.05) is 6.42 Å². The molecule has 4 heteroatoms. The maximum Gasteiger partial charge on any atom is 0.224 e. The molecule has 0 saturated carbocycles. The Morgan fingerprint density at radius 1 is 1.44 bits per heavy atom. The Morgan fingerprint density at radius 3 is 2.94 bits per heavy atom. The van der Waals surface area contributed by atoms with E-state index in [9.17, 15) is 4.79 Å². The minimum Gasteiger partial charge on any atom is -0.377 e. The number of nitrogens with one attached hydrogen (secondary N) is 1. The smallest absolute Gasteiger partial charge is 0.224 e. The van der Waals surface area contributed by atoms with Crippen molar-refractivity contribution in [2.75, 3.05) is 26.7 Å². The first kappa shape index (κ1) is 13.8. The second kappa shape index (κ2) is 6.02. The van der Waals surface area contributed by atoms with Crippen molar-refractivity contribution in [2.24, 2.45) is 0 Å². The number of carbonyl (C=O) groups excluding carboxylic acids is 1. The van der Waals surface area contributed by atoms with Crippen LogP contribution in [0.15, 0.2) is 0 Å². The maximum atomic E-state index is 12.3. The van der Waals surface area contributed by atoms with Crippen molar-refractivity contribution in [2.45, 2.75) is 57.1 Å². The molecule has 104 valence electrons. The van der Waals surface area contributed by atoms with Crippen LogP contribution in [0.25, 0.3) is 0 Å². The highest BCUT2D eigenvalue weighted by Gasteiger charge is 2.33. The number of nitrogens with zero attached hydrogens (tertiary/aromatic N) is 1. The molecule has 2 saturated heterocycles. The van der Waals surface area contributed by atoms with Crippen LogP contribution in [0.2, 0.25) is 0 Å². The summed E-state index contributed by atoms with van der Waals surface area (Å²) in [5.74, 6) is 0.289. The molecule has 2 aliphatic rings. The average molecular weight is 254 g/mol. The second-order valence-electron chi connectivity index (χ2n) is 5.92. The van der Waals surface area contributed by atoms with Gasteiger partial charge in [0, 0.05) is 32.7 Å². The Morgan fingerprint density at radius 2 is 2.28 bits per heavy atom. The predicted octanol–water partition coefficient (Wildman–Crippen LogP) is 1.55. The molecule has 18 heavy (non-hydrogen) atoms. The van der Waals surface area contributed by atoms with Crippen molar-refractivity contribution >= 4 is 5.91 Å².